The monoisotopic (exact) mass is 439 g/mol. The predicted octanol–water partition coefficient (Wildman–Crippen LogP) is 8.26. The molecule has 0 saturated carbocycles. The number of para-hydroxylation sites is 1. The van der Waals surface area contributed by atoms with E-state index in [2.05, 4.69) is 121 Å². The lowest BCUT2D eigenvalue weighted by atomic mass is 9.67. The van der Waals surface area contributed by atoms with E-state index in [1.54, 1.807) is 0 Å². The first-order chi connectivity index (χ1) is 16.4. The number of benzene rings is 5. The summed E-state index contributed by atoms with van der Waals surface area (Å²) in [7, 11) is 0. The van der Waals surface area contributed by atoms with Crippen LogP contribution in [0.25, 0.3) is 11.1 Å². The second-order valence-corrected chi connectivity index (χ2v) is 9.73. The van der Waals surface area contributed by atoms with Crippen LogP contribution in [0.3, 0.4) is 0 Å². The van der Waals surface area contributed by atoms with Crippen molar-refractivity contribution in [3.63, 3.8) is 0 Å². The molecule has 5 aromatic rings. The fourth-order valence-electron chi connectivity index (χ4n) is 5.62. The summed E-state index contributed by atoms with van der Waals surface area (Å²) in [6, 6.07) is 44.1. The standard InChI is InChI=1S/C31H21NS/c1-2-10-21(11-3-1)32-22-18-19-24-23-12-4-5-13-25(23)31(28(24)20-22)26-14-6-8-16-29(26)33-30-17-9-7-15-27(30)31/h1-20,32H. The molecule has 1 heterocycles. The molecule has 0 unspecified atom stereocenters. The summed E-state index contributed by atoms with van der Waals surface area (Å²) in [5.41, 5.74) is 10.0. The van der Waals surface area contributed by atoms with Crippen LogP contribution in [-0.4, -0.2) is 0 Å². The smallest absolute Gasteiger partial charge is 0.0736 e. The molecule has 0 bridgehead atoms. The van der Waals surface area contributed by atoms with Crippen LogP contribution in [0.1, 0.15) is 22.3 Å². The van der Waals surface area contributed by atoms with E-state index < -0.39 is 0 Å². The van der Waals surface area contributed by atoms with Crippen LogP contribution in [0, 0.1) is 0 Å². The molecule has 1 aliphatic carbocycles. The molecule has 0 aromatic heterocycles. The van der Waals surface area contributed by atoms with Crippen molar-refractivity contribution >= 4 is 23.1 Å². The zero-order valence-electron chi connectivity index (χ0n) is 18.0. The molecule has 2 heteroatoms. The van der Waals surface area contributed by atoms with Gasteiger partial charge in [-0.2, -0.15) is 0 Å². The number of anilines is 2. The molecule has 2 aliphatic rings. The third-order valence-electron chi connectivity index (χ3n) is 6.91. The number of nitrogens with one attached hydrogen (secondary N) is 1. The summed E-state index contributed by atoms with van der Waals surface area (Å²) < 4.78 is 0. The quantitative estimate of drug-likeness (QED) is 0.291. The van der Waals surface area contributed by atoms with E-state index in [9.17, 15) is 0 Å². The van der Waals surface area contributed by atoms with E-state index in [1.165, 1.54) is 43.2 Å². The molecule has 0 saturated heterocycles. The Hall–Kier alpha value is -3.75. The summed E-state index contributed by atoms with van der Waals surface area (Å²) in [4.78, 5) is 2.67. The van der Waals surface area contributed by atoms with Gasteiger partial charge in [-0.15, -0.1) is 0 Å². The number of fused-ring (bicyclic) bond motifs is 9. The minimum absolute atomic E-state index is 0.321. The first-order valence-corrected chi connectivity index (χ1v) is 12.1. The molecule has 5 aromatic carbocycles. The Morgan fingerprint density at radius 3 is 1.76 bits per heavy atom. The van der Waals surface area contributed by atoms with Crippen LogP contribution in [0.5, 0.6) is 0 Å². The Kier molecular flexibility index (Phi) is 4.06. The summed E-state index contributed by atoms with van der Waals surface area (Å²) in [5.74, 6) is 0. The summed E-state index contributed by atoms with van der Waals surface area (Å²) >= 11 is 1.88. The SMILES string of the molecule is c1ccc(Nc2ccc3c(c2)C2(c4ccccc4Sc4ccccc42)c2ccccc2-3)cc1. The third kappa shape index (κ3) is 2.62. The lowest BCUT2D eigenvalue weighted by molar-refractivity contribution is 0.722. The normalized spacial score (nSPS) is 14.2. The first kappa shape index (κ1) is 18.8. The van der Waals surface area contributed by atoms with Crippen molar-refractivity contribution in [2.24, 2.45) is 0 Å². The van der Waals surface area contributed by atoms with Gasteiger partial charge in [0.25, 0.3) is 0 Å². The average molecular weight is 440 g/mol. The van der Waals surface area contributed by atoms with Gasteiger partial charge in [0.2, 0.25) is 0 Å². The van der Waals surface area contributed by atoms with Crippen molar-refractivity contribution in [1.29, 1.82) is 0 Å². The third-order valence-corrected chi connectivity index (χ3v) is 8.06. The molecule has 1 nitrogen and oxygen atoms in total. The van der Waals surface area contributed by atoms with Gasteiger partial charge in [-0.25, -0.2) is 0 Å². The van der Waals surface area contributed by atoms with Gasteiger partial charge in [-0.1, -0.05) is 96.7 Å². The van der Waals surface area contributed by atoms with Crippen LogP contribution in [0.4, 0.5) is 11.4 Å². The van der Waals surface area contributed by atoms with Crippen molar-refractivity contribution in [2.75, 3.05) is 5.32 Å². The Morgan fingerprint density at radius 1 is 0.455 bits per heavy atom. The zero-order valence-corrected chi connectivity index (χ0v) is 18.8. The molecule has 0 amide bonds. The molecule has 0 fully saturated rings. The number of hydrogen-bond donors (Lipinski definition) is 1. The van der Waals surface area contributed by atoms with Crippen LogP contribution < -0.4 is 5.32 Å². The van der Waals surface area contributed by atoms with Crippen LogP contribution >= 0.6 is 11.8 Å². The minimum atomic E-state index is -0.321. The molecular formula is C31H21NS. The predicted molar refractivity (Wildman–Crippen MR) is 138 cm³/mol. The van der Waals surface area contributed by atoms with E-state index >= 15 is 0 Å². The molecule has 0 atom stereocenters. The van der Waals surface area contributed by atoms with E-state index in [1.807, 2.05) is 17.8 Å². The number of hydrogen-bond acceptors (Lipinski definition) is 2. The Balaban J connectivity index is 1.56. The molecule has 0 radical (unpaired) electrons. The molecular weight excluding hydrogens is 418 g/mol. The highest BCUT2D eigenvalue weighted by Crippen LogP contribution is 2.62. The fourth-order valence-corrected chi connectivity index (χ4v) is 6.81. The Labute approximate surface area is 198 Å². The van der Waals surface area contributed by atoms with E-state index in [0.717, 1.165) is 11.4 Å². The van der Waals surface area contributed by atoms with Gasteiger partial charge >= 0.3 is 0 Å². The molecule has 156 valence electrons. The average Bonchev–Trinajstić information content (AvgIpc) is 3.15. The molecule has 1 spiro atoms. The van der Waals surface area contributed by atoms with Crippen LogP contribution in [0.2, 0.25) is 0 Å². The van der Waals surface area contributed by atoms with Gasteiger partial charge in [-0.3, -0.25) is 0 Å². The highest BCUT2D eigenvalue weighted by Gasteiger charge is 2.50. The van der Waals surface area contributed by atoms with Crippen molar-refractivity contribution in [1.82, 2.24) is 0 Å². The van der Waals surface area contributed by atoms with Gasteiger partial charge in [-0.05, 0) is 69.8 Å². The maximum atomic E-state index is 3.63. The van der Waals surface area contributed by atoms with Crippen molar-refractivity contribution in [3.8, 4) is 11.1 Å². The van der Waals surface area contributed by atoms with Gasteiger partial charge < -0.3 is 5.32 Å². The van der Waals surface area contributed by atoms with Crippen molar-refractivity contribution < 1.29 is 0 Å². The lowest BCUT2D eigenvalue weighted by Gasteiger charge is -2.39. The van der Waals surface area contributed by atoms with E-state index in [-0.39, 0.29) is 5.41 Å². The zero-order chi connectivity index (χ0) is 21.8. The van der Waals surface area contributed by atoms with Gasteiger partial charge in [0.1, 0.15) is 0 Å². The lowest BCUT2D eigenvalue weighted by Crippen LogP contribution is -2.31. The Morgan fingerprint density at radius 2 is 1.03 bits per heavy atom. The maximum absolute atomic E-state index is 3.63. The van der Waals surface area contributed by atoms with Crippen LogP contribution in [0.15, 0.2) is 131 Å². The second-order valence-electron chi connectivity index (χ2n) is 8.64. The highest BCUT2D eigenvalue weighted by molar-refractivity contribution is 7.99. The molecule has 7 rings (SSSR count). The molecule has 33 heavy (non-hydrogen) atoms. The van der Waals surface area contributed by atoms with Crippen molar-refractivity contribution in [3.05, 3.63) is 144 Å². The second kappa shape index (κ2) is 7.13. The van der Waals surface area contributed by atoms with Crippen LogP contribution in [-0.2, 0) is 5.41 Å². The topological polar surface area (TPSA) is 12.0 Å². The Bertz CT molecular complexity index is 1470. The maximum Gasteiger partial charge on any atom is 0.0736 e. The van der Waals surface area contributed by atoms with Gasteiger partial charge in [0, 0.05) is 21.2 Å². The number of rotatable bonds is 2. The first-order valence-electron chi connectivity index (χ1n) is 11.3. The van der Waals surface area contributed by atoms with E-state index in [0.29, 0.717) is 0 Å². The largest absolute Gasteiger partial charge is 0.356 e. The summed E-state index contributed by atoms with van der Waals surface area (Å²) in [6.45, 7) is 0. The summed E-state index contributed by atoms with van der Waals surface area (Å²) in [5, 5.41) is 3.63. The molecule has 1 N–H and O–H groups in total. The van der Waals surface area contributed by atoms with E-state index in [4.69, 9.17) is 0 Å². The van der Waals surface area contributed by atoms with Crippen molar-refractivity contribution in [2.45, 2.75) is 15.2 Å². The minimum Gasteiger partial charge on any atom is -0.356 e. The summed E-state index contributed by atoms with van der Waals surface area (Å²) in [6.07, 6.45) is 0. The van der Waals surface area contributed by atoms with Gasteiger partial charge in [0.05, 0.1) is 5.41 Å². The molecule has 1 aliphatic heterocycles. The van der Waals surface area contributed by atoms with Gasteiger partial charge in [0.15, 0.2) is 0 Å². The fraction of sp³-hybridized carbons (Fsp3) is 0.0323. The highest BCUT2D eigenvalue weighted by atomic mass is 32.2.